The number of thioether (sulfide) groups is 1. The third-order valence-electron chi connectivity index (χ3n) is 4.29. The van der Waals surface area contributed by atoms with Crippen molar-refractivity contribution in [1.82, 2.24) is 10.3 Å². The number of hydrogen-bond acceptors (Lipinski definition) is 7. The number of fused-ring (bicyclic) bond motifs is 2. The van der Waals surface area contributed by atoms with Crippen LogP contribution in [0, 0.1) is 11.3 Å². The molecule has 1 aromatic heterocycles. The molecule has 1 fully saturated rings. The first-order valence-electron chi connectivity index (χ1n) is 8.38. The van der Waals surface area contributed by atoms with Gasteiger partial charge in [-0.05, 0) is 25.0 Å². The first-order chi connectivity index (χ1) is 12.7. The monoisotopic (exact) mass is 371 g/mol. The molecule has 1 aromatic carbocycles. The fourth-order valence-electron chi connectivity index (χ4n) is 2.95. The molecule has 0 spiro atoms. The summed E-state index contributed by atoms with van der Waals surface area (Å²) in [4.78, 5) is 16.6. The average molecular weight is 371 g/mol. The van der Waals surface area contributed by atoms with E-state index in [0.717, 1.165) is 24.8 Å². The van der Waals surface area contributed by atoms with E-state index in [0.29, 0.717) is 34.1 Å². The van der Waals surface area contributed by atoms with E-state index in [4.69, 9.17) is 14.2 Å². The summed E-state index contributed by atoms with van der Waals surface area (Å²) in [5, 5.41) is 13.6. The molecule has 3 heterocycles. The quantitative estimate of drug-likeness (QED) is 0.806. The lowest BCUT2D eigenvalue weighted by molar-refractivity contribution is -0.119. The number of hydrogen-bond donors (Lipinski definition) is 1. The van der Waals surface area contributed by atoms with Crippen LogP contribution in [0.25, 0.3) is 10.9 Å². The lowest BCUT2D eigenvalue weighted by Gasteiger charge is -2.11. The summed E-state index contributed by atoms with van der Waals surface area (Å²) >= 11 is 1.25. The lowest BCUT2D eigenvalue weighted by Crippen LogP contribution is -2.32. The Kier molecular flexibility index (Phi) is 4.82. The molecular weight excluding hydrogens is 354 g/mol. The van der Waals surface area contributed by atoms with Crippen LogP contribution in [0.3, 0.4) is 0 Å². The average Bonchev–Trinajstić information content (AvgIpc) is 3.33. The second-order valence-electron chi connectivity index (χ2n) is 6.08. The predicted molar refractivity (Wildman–Crippen MR) is 95.3 cm³/mol. The standard InChI is InChI=1S/C18H17N3O4S/c19-7-12-4-11-5-15-16(25-10-24-15)6-14(11)21-18(12)26-9-17(22)20-8-13-2-1-3-23-13/h4-6,13H,1-3,8-10H2,(H,20,22). The van der Waals surface area contributed by atoms with Crippen molar-refractivity contribution in [2.45, 2.75) is 24.0 Å². The molecule has 0 aliphatic carbocycles. The molecule has 1 saturated heterocycles. The van der Waals surface area contributed by atoms with Crippen LogP contribution in [-0.4, -0.2) is 42.7 Å². The van der Waals surface area contributed by atoms with Gasteiger partial charge < -0.3 is 19.5 Å². The number of aromatic nitrogens is 1. The van der Waals surface area contributed by atoms with Crippen LogP contribution in [0.2, 0.25) is 0 Å². The largest absolute Gasteiger partial charge is 0.454 e. The van der Waals surface area contributed by atoms with Crippen LogP contribution in [-0.2, 0) is 9.53 Å². The Hall–Kier alpha value is -2.50. The van der Waals surface area contributed by atoms with Gasteiger partial charge in [0.05, 0.1) is 22.9 Å². The Morgan fingerprint density at radius 3 is 2.96 bits per heavy atom. The molecule has 7 nitrogen and oxygen atoms in total. The van der Waals surface area contributed by atoms with Crippen LogP contribution in [0.4, 0.5) is 0 Å². The molecule has 8 heteroatoms. The summed E-state index contributed by atoms with van der Waals surface area (Å²) in [6.45, 7) is 1.47. The number of nitriles is 1. The van der Waals surface area contributed by atoms with Crippen molar-refractivity contribution >= 4 is 28.6 Å². The number of carbonyl (C=O) groups is 1. The minimum atomic E-state index is -0.0954. The molecule has 2 aliphatic heterocycles. The highest BCUT2D eigenvalue weighted by Crippen LogP contribution is 2.36. The topological polar surface area (TPSA) is 93.5 Å². The number of carbonyl (C=O) groups excluding carboxylic acids is 1. The van der Waals surface area contributed by atoms with Gasteiger partial charge >= 0.3 is 0 Å². The molecule has 2 aromatic rings. The van der Waals surface area contributed by atoms with Gasteiger partial charge in [0.1, 0.15) is 11.1 Å². The van der Waals surface area contributed by atoms with Crippen molar-refractivity contribution in [1.29, 1.82) is 5.26 Å². The Morgan fingerprint density at radius 2 is 2.19 bits per heavy atom. The van der Waals surface area contributed by atoms with E-state index in [1.54, 1.807) is 12.1 Å². The van der Waals surface area contributed by atoms with E-state index < -0.39 is 0 Å². The molecule has 4 rings (SSSR count). The van der Waals surface area contributed by atoms with Gasteiger partial charge in [0.25, 0.3) is 0 Å². The van der Waals surface area contributed by atoms with E-state index in [-0.39, 0.29) is 24.6 Å². The molecule has 0 saturated carbocycles. The second kappa shape index (κ2) is 7.40. The van der Waals surface area contributed by atoms with Crippen LogP contribution < -0.4 is 14.8 Å². The Balaban J connectivity index is 1.45. The number of benzene rings is 1. The molecule has 1 unspecified atom stereocenters. The minimum Gasteiger partial charge on any atom is -0.454 e. The Bertz CT molecular complexity index is 890. The fourth-order valence-corrected chi connectivity index (χ4v) is 3.75. The van der Waals surface area contributed by atoms with Gasteiger partial charge in [0, 0.05) is 24.6 Å². The van der Waals surface area contributed by atoms with Gasteiger partial charge in [0.2, 0.25) is 12.7 Å². The summed E-state index contributed by atoms with van der Waals surface area (Å²) in [5.74, 6) is 1.39. The fraction of sp³-hybridized carbons (Fsp3) is 0.389. The maximum atomic E-state index is 12.1. The van der Waals surface area contributed by atoms with Crippen LogP contribution >= 0.6 is 11.8 Å². The van der Waals surface area contributed by atoms with Gasteiger partial charge in [-0.25, -0.2) is 4.98 Å². The summed E-state index contributed by atoms with van der Waals surface area (Å²) in [6.07, 6.45) is 2.14. The molecule has 1 N–H and O–H groups in total. The molecule has 0 bridgehead atoms. The summed E-state index contributed by atoms with van der Waals surface area (Å²) in [7, 11) is 0. The molecule has 26 heavy (non-hydrogen) atoms. The third-order valence-corrected chi connectivity index (χ3v) is 5.28. The van der Waals surface area contributed by atoms with Gasteiger partial charge in [-0.15, -0.1) is 0 Å². The summed E-state index contributed by atoms with van der Waals surface area (Å²) < 4.78 is 16.2. The molecule has 1 amide bonds. The zero-order chi connectivity index (χ0) is 17.9. The van der Waals surface area contributed by atoms with Crippen LogP contribution in [0.15, 0.2) is 23.2 Å². The van der Waals surface area contributed by atoms with Crippen molar-refractivity contribution in [2.24, 2.45) is 0 Å². The number of nitrogens with zero attached hydrogens (tertiary/aromatic N) is 2. The van der Waals surface area contributed by atoms with Crippen molar-refractivity contribution < 1.29 is 19.0 Å². The highest BCUT2D eigenvalue weighted by Gasteiger charge is 2.18. The molecule has 134 valence electrons. The minimum absolute atomic E-state index is 0.0954. The third kappa shape index (κ3) is 3.54. The number of nitrogens with one attached hydrogen (secondary N) is 1. The molecule has 0 radical (unpaired) electrons. The van der Waals surface area contributed by atoms with E-state index in [1.807, 2.05) is 6.07 Å². The highest BCUT2D eigenvalue weighted by molar-refractivity contribution is 8.00. The van der Waals surface area contributed by atoms with Crippen LogP contribution in [0.5, 0.6) is 11.5 Å². The number of ether oxygens (including phenoxy) is 3. The van der Waals surface area contributed by atoms with Crippen molar-refractivity contribution in [3.05, 3.63) is 23.8 Å². The first kappa shape index (κ1) is 16.9. The van der Waals surface area contributed by atoms with Crippen molar-refractivity contribution in [3.63, 3.8) is 0 Å². The first-order valence-corrected chi connectivity index (χ1v) is 9.37. The molecular formula is C18H17N3O4S. The van der Waals surface area contributed by atoms with E-state index in [9.17, 15) is 10.1 Å². The normalized spacial score (nSPS) is 18.0. The Labute approximate surface area is 154 Å². The molecule has 2 aliphatic rings. The van der Waals surface area contributed by atoms with Gasteiger partial charge in [-0.2, -0.15) is 5.26 Å². The van der Waals surface area contributed by atoms with Gasteiger partial charge in [0.15, 0.2) is 11.5 Å². The van der Waals surface area contributed by atoms with Crippen molar-refractivity contribution in [2.75, 3.05) is 25.7 Å². The lowest BCUT2D eigenvalue weighted by atomic mass is 10.1. The predicted octanol–water partition coefficient (Wildman–Crippen LogP) is 2.22. The van der Waals surface area contributed by atoms with E-state index in [2.05, 4.69) is 16.4 Å². The molecule has 1 atom stereocenters. The highest BCUT2D eigenvalue weighted by atomic mass is 32.2. The SMILES string of the molecule is N#Cc1cc2cc3c(cc2nc1SCC(=O)NCC1CCCO1)OCO3. The second-order valence-corrected chi connectivity index (χ2v) is 7.04. The number of pyridine rings is 1. The maximum absolute atomic E-state index is 12.1. The number of rotatable bonds is 5. The smallest absolute Gasteiger partial charge is 0.231 e. The zero-order valence-corrected chi connectivity index (χ0v) is 14.8. The van der Waals surface area contributed by atoms with E-state index in [1.165, 1.54) is 11.8 Å². The number of amides is 1. The van der Waals surface area contributed by atoms with E-state index >= 15 is 0 Å². The summed E-state index contributed by atoms with van der Waals surface area (Å²) in [6, 6.07) is 7.52. The Morgan fingerprint density at radius 1 is 1.35 bits per heavy atom. The van der Waals surface area contributed by atoms with Gasteiger partial charge in [-0.1, -0.05) is 11.8 Å². The summed E-state index contributed by atoms with van der Waals surface area (Å²) in [5.41, 5.74) is 1.14. The maximum Gasteiger partial charge on any atom is 0.231 e. The van der Waals surface area contributed by atoms with Gasteiger partial charge in [-0.3, -0.25) is 4.79 Å². The van der Waals surface area contributed by atoms with Crippen LogP contribution in [0.1, 0.15) is 18.4 Å². The van der Waals surface area contributed by atoms with Crippen molar-refractivity contribution in [3.8, 4) is 17.6 Å². The zero-order valence-electron chi connectivity index (χ0n) is 14.0.